The van der Waals surface area contributed by atoms with Gasteiger partial charge in [0.05, 0.1) is 18.3 Å². The van der Waals surface area contributed by atoms with E-state index in [2.05, 4.69) is 20.4 Å². The number of aliphatic hydroxyl groups is 2. The monoisotopic (exact) mass is 300 g/mol. The van der Waals surface area contributed by atoms with Crippen LogP contribution in [-0.4, -0.2) is 40.9 Å². The van der Waals surface area contributed by atoms with Gasteiger partial charge < -0.3 is 19.7 Å². The van der Waals surface area contributed by atoms with Gasteiger partial charge in [-0.3, -0.25) is 0 Å². The van der Waals surface area contributed by atoms with Crippen molar-refractivity contribution in [2.45, 2.75) is 65.6 Å². The highest BCUT2D eigenvalue weighted by Gasteiger charge is 2.46. The molecule has 0 aliphatic carbocycles. The lowest BCUT2D eigenvalue weighted by molar-refractivity contribution is -0.336. The fraction of sp³-hybridized carbons (Fsp3) is 0.882. The average Bonchev–Trinajstić information content (AvgIpc) is 2.45. The van der Waals surface area contributed by atoms with Crippen molar-refractivity contribution in [3.63, 3.8) is 0 Å². The molecule has 0 unspecified atom stereocenters. The molecule has 0 spiro atoms. The van der Waals surface area contributed by atoms with Gasteiger partial charge in [-0.15, -0.1) is 6.58 Å². The third kappa shape index (κ3) is 4.28. The molecule has 21 heavy (non-hydrogen) atoms. The van der Waals surface area contributed by atoms with Gasteiger partial charge in [0.1, 0.15) is 0 Å². The molecular formula is C17H32O4. The van der Waals surface area contributed by atoms with Gasteiger partial charge in [-0.1, -0.05) is 33.8 Å². The summed E-state index contributed by atoms with van der Waals surface area (Å²) in [5, 5.41) is 19.7. The molecule has 124 valence electrons. The highest BCUT2D eigenvalue weighted by Crippen LogP contribution is 2.39. The molecule has 1 aliphatic rings. The molecule has 1 rings (SSSR count). The van der Waals surface area contributed by atoms with E-state index in [0.717, 1.165) is 0 Å². The second-order valence-corrected chi connectivity index (χ2v) is 7.03. The highest BCUT2D eigenvalue weighted by molar-refractivity contribution is 4.94. The molecule has 0 saturated carbocycles. The Kier molecular flexibility index (Phi) is 6.41. The van der Waals surface area contributed by atoms with E-state index in [1.54, 1.807) is 0 Å². The summed E-state index contributed by atoms with van der Waals surface area (Å²) in [7, 11) is 0. The Balaban J connectivity index is 2.95. The van der Waals surface area contributed by atoms with Crippen molar-refractivity contribution in [1.29, 1.82) is 0 Å². The molecule has 0 aromatic carbocycles. The van der Waals surface area contributed by atoms with Crippen LogP contribution in [0.2, 0.25) is 0 Å². The zero-order chi connectivity index (χ0) is 16.4. The second-order valence-electron chi connectivity index (χ2n) is 7.03. The fourth-order valence-electron chi connectivity index (χ4n) is 3.21. The van der Waals surface area contributed by atoms with Crippen LogP contribution in [0.15, 0.2) is 12.7 Å². The topological polar surface area (TPSA) is 58.9 Å². The van der Waals surface area contributed by atoms with Crippen molar-refractivity contribution in [3.05, 3.63) is 12.7 Å². The van der Waals surface area contributed by atoms with Crippen LogP contribution in [0.25, 0.3) is 0 Å². The number of rotatable bonds is 6. The highest BCUT2D eigenvalue weighted by atomic mass is 16.7. The van der Waals surface area contributed by atoms with Gasteiger partial charge in [-0.2, -0.15) is 0 Å². The smallest absolute Gasteiger partial charge is 0.163 e. The molecule has 0 bridgehead atoms. The van der Waals surface area contributed by atoms with Crippen molar-refractivity contribution >= 4 is 0 Å². The predicted molar refractivity (Wildman–Crippen MR) is 83.8 cm³/mol. The second kappa shape index (κ2) is 7.23. The van der Waals surface area contributed by atoms with Crippen LogP contribution in [0.4, 0.5) is 0 Å². The maximum absolute atomic E-state index is 10.4. The molecule has 0 aromatic heterocycles. The first kappa shape index (κ1) is 18.6. The molecule has 1 fully saturated rings. The molecule has 2 N–H and O–H groups in total. The lowest BCUT2D eigenvalue weighted by Crippen LogP contribution is -2.56. The third-order valence-electron chi connectivity index (χ3n) is 4.69. The summed E-state index contributed by atoms with van der Waals surface area (Å²) < 4.78 is 12.2. The van der Waals surface area contributed by atoms with E-state index in [9.17, 15) is 10.2 Å². The fourth-order valence-corrected chi connectivity index (χ4v) is 3.21. The molecule has 0 radical (unpaired) electrons. The Morgan fingerprint density at radius 2 is 1.71 bits per heavy atom. The summed E-state index contributed by atoms with van der Waals surface area (Å²) in [6.07, 6.45) is 1.19. The minimum atomic E-state index is -0.685. The van der Waals surface area contributed by atoms with Crippen LogP contribution in [-0.2, 0) is 9.47 Å². The van der Waals surface area contributed by atoms with Gasteiger partial charge in [-0.25, -0.2) is 0 Å². The van der Waals surface area contributed by atoms with Crippen LogP contribution in [0.3, 0.4) is 0 Å². The summed E-state index contributed by atoms with van der Waals surface area (Å²) in [4.78, 5) is 0. The van der Waals surface area contributed by atoms with Crippen molar-refractivity contribution in [1.82, 2.24) is 0 Å². The Morgan fingerprint density at radius 1 is 1.19 bits per heavy atom. The minimum absolute atomic E-state index is 0.00957. The van der Waals surface area contributed by atoms with Crippen molar-refractivity contribution in [3.8, 4) is 0 Å². The minimum Gasteiger partial charge on any atom is -0.396 e. The summed E-state index contributed by atoms with van der Waals surface area (Å²) in [5.74, 6) is -0.580. The van der Waals surface area contributed by atoms with E-state index < -0.39 is 11.9 Å². The molecule has 7 atom stereocenters. The Morgan fingerprint density at radius 3 is 2.19 bits per heavy atom. The molecule has 1 aliphatic heterocycles. The Bertz CT molecular complexity index is 342. The summed E-state index contributed by atoms with van der Waals surface area (Å²) in [5.41, 5.74) is 0. The lowest BCUT2D eigenvalue weighted by atomic mass is 9.78. The number of hydrogen-bond donors (Lipinski definition) is 2. The SMILES string of the molecule is C=C[C@H](C)[C@@H]1OC(C)(C)O[C@@H]([C@@H](C)[C@@H](O)[C@@H](C)CO)[C@@H]1C. The van der Waals surface area contributed by atoms with Gasteiger partial charge in [0, 0.05) is 30.3 Å². The largest absolute Gasteiger partial charge is 0.396 e. The zero-order valence-corrected chi connectivity index (χ0v) is 14.2. The maximum atomic E-state index is 10.4. The van der Waals surface area contributed by atoms with Gasteiger partial charge in [-0.05, 0) is 13.8 Å². The van der Waals surface area contributed by atoms with Gasteiger partial charge in [0.15, 0.2) is 5.79 Å². The first-order chi connectivity index (χ1) is 9.64. The summed E-state index contributed by atoms with van der Waals surface area (Å²) >= 11 is 0. The van der Waals surface area contributed by atoms with E-state index in [1.165, 1.54) is 0 Å². The number of ether oxygens (including phenoxy) is 2. The van der Waals surface area contributed by atoms with Crippen molar-refractivity contribution in [2.24, 2.45) is 23.7 Å². The molecule has 4 heteroatoms. The average molecular weight is 300 g/mol. The summed E-state index contributed by atoms with van der Waals surface area (Å²) in [6.45, 7) is 15.7. The Labute approximate surface area is 129 Å². The van der Waals surface area contributed by atoms with Crippen molar-refractivity contribution < 1.29 is 19.7 Å². The molecule has 1 heterocycles. The van der Waals surface area contributed by atoms with E-state index in [-0.39, 0.29) is 42.5 Å². The van der Waals surface area contributed by atoms with E-state index in [1.807, 2.05) is 33.8 Å². The van der Waals surface area contributed by atoms with Crippen LogP contribution in [0, 0.1) is 23.7 Å². The lowest BCUT2D eigenvalue weighted by Gasteiger charge is -2.49. The molecule has 0 amide bonds. The van der Waals surface area contributed by atoms with E-state index in [4.69, 9.17) is 9.47 Å². The normalized spacial score (nSPS) is 34.8. The molecule has 1 saturated heterocycles. The quantitative estimate of drug-likeness (QED) is 0.740. The molecule has 0 aromatic rings. The van der Waals surface area contributed by atoms with Crippen LogP contribution in [0.1, 0.15) is 41.5 Å². The summed E-state index contributed by atoms with van der Waals surface area (Å²) in [6, 6.07) is 0. The predicted octanol–water partition coefficient (Wildman–Crippen LogP) is 2.59. The number of hydrogen-bond acceptors (Lipinski definition) is 4. The standard InChI is InChI=1S/C17H32O4/c1-8-10(2)15-13(5)16(21-17(6,7)20-15)12(4)14(19)11(3)9-18/h8,10-16,18-19H,1,9H2,2-7H3/t10-,11-,12-,13+,14-,15-,16-/m0/s1. The first-order valence-corrected chi connectivity index (χ1v) is 7.91. The van der Waals surface area contributed by atoms with Crippen LogP contribution >= 0.6 is 0 Å². The van der Waals surface area contributed by atoms with Gasteiger partial charge >= 0.3 is 0 Å². The Hall–Kier alpha value is -0.420. The first-order valence-electron chi connectivity index (χ1n) is 7.91. The zero-order valence-electron chi connectivity index (χ0n) is 14.2. The molecular weight excluding hydrogens is 268 g/mol. The van der Waals surface area contributed by atoms with E-state index >= 15 is 0 Å². The third-order valence-corrected chi connectivity index (χ3v) is 4.69. The van der Waals surface area contributed by atoms with Crippen molar-refractivity contribution in [2.75, 3.05) is 6.61 Å². The van der Waals surface area contributed by atoms with Gasteiger partial charge in [0.25, 0.3) is 0 Å². The van der Waals surface area contributed by atoms with Crippen LogP contribution < -0.4 is 0 Å². The van der Waals surface area contributed by atoms with E-state index in [0.29, 0.717) is 0 Å². The van der Waals surface area contributed by atoms with Crippen LogP contribution in [0.5, 0.6) is 0 Å². The maximum Gasteiger partial charge on any atom is 0.163 e. The van der Waals surface area contributed by atoms with Gasteiger partial charge in [0.2, 0.25) is 0 Å². The number of aliphatic hydroxyl groups excluding tert-OH is 2. The molecule has 4 nitrogen and oxygen atoms in total.